The summed E-state index contributed by atoms with van der Waals surface area (Å²) < 4.78 is 12.9. The van der Waals surface area contributed by atoms with Crippen molar-refractivity contribution < 1.29 is 14.3 Å². The number of halogens is 1. The summed E-state index contributed by atoms with van der Waals surface area (Å²) >= 11 is 3.29. The highest BCUT2D eigenvalue weighted by Crippen LogP contribution is 2.67. The molecule has 0 bridgehead atoms. The van der Waals surface area contributed by atoms with Crippen LogP contribution in [0.25, 0.3) is 0 Å². The number of ketones is 1. The van der Waals surface area contributed by atoms with Crippen molar-refractivity contribution in [3.8, 4) is 5.75 Å². The van der Waals surface area contributed by atoms with Crippen LogP contribution in [0.4, 0.5) is 0 Å². The Labute approximate surface area is 183 Å². The van der Waals surface area contributed by atoms with Crippen molar-refractivity contribution in [2.24, 2.45) is 16.1 Å². The van der Waals surface area contributed by atoms with Gasteiger partial charge in [0.1, 0.15) is 23.5 Å². The Hall–Kier alpha value is -2.48. The predicted molar refractivity (Wildman–Crippen MR) is 114 cm³/mol. The molecule has 1 saturated carbocycles. The van der Waals surface area contributed by atoms with Crippen molar-refractivity contribution in [3.05, 3.63) is 52.0 Å². The largest absolute Gasteiger partial charge is 0.487 e. The van der Waals surface area contributed by atoms with Crippen LogP contribution in [0.15, 0.2) is 40.1 Å². The molecule has 30 heavy (non-hydrogen) atoms. The molecule has 1 aromatic heterocycles. The number of amidine groups is 1. The van der Waals surface area contributed by atoms with E-state index in [0.29, 0.717) is 6.61 Å². The predicted octanol–water partition coefficient (Wildman–Crippen LogP) is 3.55. The molecule has 0 radical (unpaired) electrons. The monoisotopic (exact) mass is 470 g/mol. The van der Waals surface area contributed by atoms with Crippen LogP contribution in [0.1, 0.15) is 54.9 Å². The van der Waals surface area contributed by atoms with E-state index in [-0.39, 0.29) is 29.5 Å². The fourth-order valence-electron chi connectivity index (χ4n) is 5.31. The van der Waals surface area contributed by atoms with Gasteiger partial charge in [0.05, 0.1) is 4.47 Å². The Bertz CT molecular complexity index is 1060. The zero-order valence-corrected chi connectivity index (χ0v) is 18.5. The van der Waals surface area contributed by atoms with Gasteiger partial charge in [-0.15, -0.1) is 0 Å². The van der Waals surface area contributed by atoms with Crippen molar-refractivity contribution >= 4 is 27.7 Å². The van der Waals surface area contributed by atoms with Crippen LogP contribution in [-0.2, 0) is 16.7 Å². The minimum Gasteiger partial charge on any atom is -0.487 e. The molecule has 0 saturated heterocycles. The fraction of sp³-hybridized carbons (Fsp3) is 0.455. The summed E-state index contributed by atoms with van der Waals surface area (Å²) in [5, 5.41) is 0. The van der Waals surface area contributed by atoms with E-state index in [1.54, 1.807) is 12.4 Å². The Balaban J connectivity index is 1.56. The molecule has 2 aromatic rings. The second-order valence-corrected chi connectivity index (χ2v) is 9.72. The minimum absolute atomic E-state index is 0.141. The molecule has 7 nitrogen and oxygen atoms in total. The maximum Gasteiger partial charge on any atom is 0.283 e. The molecular weight excluding hydrogens is 448 g/mol. The zero-order chi connectivity index (χ0) is 21.1. The molecule has 8 heteroatoms. The van der Waals surface area contributed by atoms with E-state index in [2.05, 4.69) is 39.7 Å². The molecule has 5 rings (SSSR count). The summed E-state index contributed by atoms with van der Waals surface area (Å²) in [5.41, 5.74) is 6.63. The first-order valence-electron chi connectivity index (χ1n) is 10.1. The van der Waals surface area contributed by atoms with Gasteiger partial charge in [-0.05, 0) is 60.3 Å². The third kappa shape index (κ3) is 2.62. The van der Waals surface area contributed by atoms with Crippen molar-refractivity contribution in [3.63, 3.8) is 0 Å². The topological polar surface area (TPSA) is 99.7 Å². The summed E-state index contributed by atoms with van der Waals surface area (Å²) in [5.74, 6) is 0.832. The molecule has 156 valence electrons. The molecule has 1 aromatic carbocycles. The number of hydrogen-bond acceptors (Lipinski definition) is 7. The van der Waals surface area contributed by atoms with Gasteiger partial charge in [-0.25, -0.2) is 15.0 Å². The number of rotatable bonds is 3. The summed E-state index contributed by atoms with van der Waals surface area (Å²) in [6.45, 7) is 4.65. The number of carbonyl (C=O) groups excluding carboxylic acids is 1. The van der Waals surface area contributed by atoms with E-state index in [4.69, 9.17) is 20.2 Å². The number of nitrogens with two attached hydrogens (primary N) is 1. The lowest BCUT2D eigenvalue weighted by molar-refractivity contribution is -0.157. The number of nitrogens with zero attached hydrogens (tertiary/aromatic N) is 3. The highest BCUT2D eigenvalue weighted by Gasteiger charge is 2.69. The Morgan fingerprint density at radius 2 is 1.97 bits per heavy atom. The summed E-state index contributed by atoms with van der Waals surface area (Å²) in [4.78, 5) is 25.8. The van der Waals surface area contributed by atoms with E-state index in [1.807, 2.05) is 18.2 Å². The van der Waals surface area contributed by atoms with Crippen LogP contribution < -0.4 is 10.5 Å². The second-order valence-electron chi connectivity index (χ2n) is 8.80. The zero-order valence-electron chi connectivity index (χ0n) is 16.9. The van der Waals surface area contributed by atoms with Crippen LogP contribution in [-0.4, -0.2) is 34.0 Å². The second kappa shape index (κ2) is 6.51. The molecule has 1 unspecified atom stereocenters. The number of ether oxygens (including phenoxy) is 2. The summed E-state index contributed by atoms with van der Waals surface area (Å²) in [7, 11) is 0. The molecule has 1 aliphatic carbocycles. The van der Waals surface area contributed by atoms with Gasteiger partial charge in [0, 0.05) is 29.8 Å². The number of benzene rings is 1. The highest BCUT2D eigenvalue weighted by molar-refractivity contribution is 9.10. The van der Waals surface area contributed by atoms with Gasteiger partial charge in [0.15, 0.2) is 5.82 Å². The Kier molecular flexibility index (Phi) is 4.23. The summed E-state index contributed by atoms with van der Waals surface area (Å²) in [6.07, 6.45) is 6.46. The summed E-state index contributed by atoms with van der Waals surface area (Å²) in [6, 6.07) is 6.09. The SMILES string of the molecule is CC1(C)Oc2ccc(CC(=O)c3ncc(Br)cn3)cc2C2(COC(N)=N2)C12CCC2. The molecule has 0 amide bonds. The van der Waals surface area contributed by atoms with E-state index in [1.165, 1.54) is 0 Å². The van der Waals surface area contributed by atoms with Gasteiger partial charge >= 0.3 is 0 Å². The van der Waals surface area contributed by atoms with Gasteiger partial charge in [-0.2, -0.15) is 0 Å². The minimum atomic E-state index is -0.598. The highest BCUT2D eigenvalue weighted by atomic mass is 79.9. The maximum atomic E-state index is 12.7. The van der Waals surface area contributed by atoms with E-state index >= 15 is 0 Å². The van der Waals surface area contributed by atoms with E-state index in [9.17, 15) is 4.79 Å². The van der Waals surface area contributed by atoms with Gasteiger partial charge in [-0.3, -0.25) is 4.79 Å². The first-order valence-corrected chi connectivity index (χ1v) is 10.9. The third-order valence-corrected chi connectivity index (χ3v) is 7.38. The number of carbonyl (C=O) groups is 1. The van der Waals surface area contributed by atoms with Crippen LogP contribution in [0, 0.1) is 5.41 Å². The maximum absolute atomic E-state index is 12.7. The first kappa shape index (κ1) is 19.5. The lowest BCUT2D eigenvalue weighted by Crippen LogP contribution is -2.66. The van der Waals surface area contributed by atoms with Crippen LogP contribution >= 0.6 is 15.9 Å². The Morgan fingerprint density at radius 3 is 2.57 bits per heavy atom. The quantitative estimate of drug-likeness (QED) is 0.688. The van der Waals surface area contributed by atoms with Crippen LogP contribution in [0.3, 0.4) is 0 Å². The average molecular weight is 471 g/mol. The molecule has 1 atom stereocenters. The first-order chi connectivity index (χ1) is 14.3. The lowest BCUT2D eigenvalue weighted by Gasteiger charge is -2.62. The smallest absolute Gasteiger partial charge is 0.283 e. The molecule has 2 aliphatic heterocycles. The number of Topliss-reactive ketones (excluding diaryl/α,β-unsaturated/α-hetero) is 1. The van der Waals surface area contributed by atoms with Crippen LogP contribution in [0.5, 0.6) is 5.75 Å². The Morgan fingerprint density at radius 1 is 1.23 bits per heavy atom. The third-order valence-electron chi connectivity index (χ3n) is 6.97. The molecular formula is C22H23BrN4O3. The molecule has 2 N–H and O–H groups in total. The van der Waals surface area contributed by atoms with Gasteiger partial charge in [0.25, 0.3) is 6.02 Å². The van der Waals surface area contributed by atoms with Crippen molar-refractivity contribution in [1.82, 2.24) is 9.97 Å². The molecule has 3 heterocycles. The van der Waals surface area contributed by atoms with Crippen molar-refractivity contribution in [2.45, 2.75) is 50.7 Å². The van der Waals surface area contributed by atoms with Crippen molar-refractivity contribution in [2.75, 3.05) is 6.61 Å². The number of fused-ring (bicyclic) bond motifs is 3. The number of aliphatic imine (C=N–C) groups is 1. The molecule has 1 fully saturated rings. The van der Waals surface area contributed by atoms with Crippen molar-refractivity contribution in [1.29, 1.82) is 0 Å². The number of hydrogen-bond donors (Lipinski definition) is 1. The average Bonchev–Trinajstić information content (AvgIpc) is 3.03. The van der Waals surface area contributed by atoms with E-state index < -0.39 is 11.1 Å². The number of aromatic nitrogens is 2. The van der Waals surface area contributed by atoms with Gasteiger partial charge in [0.2, 0.25) is 5.78 Å². The normalized spacial score (nSPS) is 25.1. The standard InChI is InChI=1S/C22H23BrN4O3/c1-20(2)21(6-3-7-21)22(12-29-19(24)27-22)15-8-13(4-5-17(15)30-20)9-16(28)18-25-10-14(23)11-26-18/h4-5,8,10-11H,3,6-7,9,12H2,1-2H3,(H2,24,27). The van der Waals surface area contributed by atoms with Crippen LogP contribution in [0.2, 0.25) is 0 Å². The molecule has 2 spiro atoms. The van der Waals surface area contributed by atoms with E-state index in [0.717, 1.165) is 40.6 Å². The van der Waals surface area contributed by atoms with Gasteiger partial charge in [-0.1, -0.05) is 12.5 Å². The molecule has 3 aliphatic rings. The van der Waals surface area contributed by atoms with Gasteiger partial charge < -0.3 is 15.2 Å². The lowest BCUT2D eigenvalue weighted by atomic mass is 9.48. The fourth-order valence-corrected chi connectivity index (χ4v) is 5.51.